The van der Waals surface area contributed by atoms with Gasteiger partial charge < -0.3 is 15.4 Å². The molecule has 0 saturated heterocycles. The normalized spacial score (nSPS) is 9.53. The van der Waals surface area contributed by atoms with Gasteiger partial charge in [-0.25, -0.2) is 4.39 Å². The zero-order chi connectivity index (χ0) is 11.3. The standard InChI is InChI=1S/C10H13FN2OS/c1-3-12-10(15)13-7-4-5-8(11)9(6-7)14-2/h4-6H,3H2,1-2H3,(H2,12,13,15). The second-order valence-corrected chi connectivity index (χ2v) is 3.24. The number of rotatable bonds is 3. The molecule has 0 atom stereocenters. The molecule has 0 aliphatic carbocycles. The molecule has 5 heteroatoms. The number of halogens is 1. The van der Waals surface area contributed by atoms with Gasteiger partial charge in [-0.05, 0) is 31.3 Å². The maximum Gasteiger partial charge on any atom is 0.170 e. The van der Waals surface area contributed by atoms with E-state index in [1.807, 2.05) is 6.92 Å². The van der Waals surface area contributed by atoms with Crippen molar-refractivity contribution in [2.24, 2.45) is 0 Å². The molecule has 0 amide bonds. The van der Waals surface area contributed by atoms with E-state index in [1.54, 1.807) is 12.1 Å². The maximum atomic E-state index is 13.1. The van der Waals surface area contributed by atoms with Crippen LogP contribution in [-0.2, 0) is 0 Å². The Bertz CT molecular complexity index is 357. The number of thiocarbonyl (C=S) groups is 1. The molecule has 1 aromatic rings. The van der Waals surface area contributed by atoms with Crippen LogP contribution in [0.15, 0.2) is 18.2 Å². The van der Waals surface area contributed by atoms with Gasteiger partial charge in [0.2, 0.25) is 0 Å². The lowest BCUT2D eigenvalue weighted by atomic mass is 10.3. The summed E-state index contributed by atoms with van der Waals surface area (Å²) in [6.45, 7) is 2.68. The Labute approximate surface area is 93.6 Å². The average Bonchev–Trinajstić information content (AvgIpc) is 2.21. The van der Waals surface area contributed by atoms with E-state index in [-0.39, 0.29) is 5.75 Å². The zero-order valence-electron chi connectivity index (χ0n) is 8.63. The van der Waals surface area contributed by atoms with E-state index in [9.17, 15) is 4.39 Å². The molecule has 0 unspecified atom stereocenters. The van der Waals surface area contributed by atoms with Gasteiger partial charge in [0.25, 0.3) is 0 Å². The molecule has 0 saturated carbocycles. The van der Waals surface area contributed by atoms with Crippen LogP contribution in [0, 0.1) is 5.82 Å². The van der Waals surface area contributed by atoms with Crippen LogP contribution in [-0.4, -0.2) is 18.8 Å². The molecule has 3 nitrogen and oxygen atoms in total. The van der Waals surface area contributed by atoms with Gasteiger partial charge in [0, 0.05) is 18.3 Å². The highest BCUT2D eigenvalue weighted by molar-refractivity contribution is 7.80. The minimum Gasteiger partial charge on any atom is -0.494 e. The quantitative estimate of drug-likeness (QED) is 0.777. The summed E-state index contributed by atoms with van der Waals surface area (Å²) in [4.78, 5) is 0. The summed E-state index contributed by atoms with van der Waals surface area (Å²) < 4.78 is 17.9. The smallest absolute Gasteiger partial charge is 0.170 e. The van der Waals surface area contributed by atoms with E-state index in [4.69, 9.17) is 17.0 Å². The molecule has 0 bridgehead atoms. The van der Waals surface area contributed by atoms with Crippen LogP contribution in [0.4, 0.5) is 10.1 Å². The first kappa shape index (κ1) is 11.7. The van der Waals surface area contributed by atoms with Crippen LogP contribution >= 0.6 is 12.2 Å². The lowest BCUT2D eigenvalue weighted by Crippen LogP contribution is -2.27. The third-order valence-corrected chi connectivity index (χ3v) is 1.99. The molecule has 0 aliphatic rings. The first-order valence-corrected chi connectivity index (χ1v) is 4.96. The van der Waals surface area contributed by atoms with Crippen molar-refractivity contribution >= 4 is 23.0 Å². The molecule has 0 aromatic heterocycles. The average molecular weight is 228 g/mol. The zero-order valence-corrected chi connectivity index (χ0v) is 9.45. The highest BCUT2D eigenvalue weighted by Gasteiger charge is 2.03. The van der Waals surface area contributed by atoms with Crippen molar-refractivity contribution < 1.29 is 9.13 Å². The maximum absolute atomic E-state index is 13.1. The number of hydrogen-bond donors (Lipinski definition) is 2. The van der Waals surface area contributed by atoms with Crippen LogP contribution in [0.3, 0.4) is 0 Å². The minimum atomic E-state index is -0.391. The third kappa shape index (κ3) is 3.36. The number of methoxy groups -OCH3 is 1. The van der Waals surface area contributed by atoms with Crippen molar-refractivity contribution in [1.82, 2.24) is 5.32 Å². The Morgan fingerprint density at radius 2 is 2.27 bits per heavy atom. The fraction of sp³-hybridized carbons (Fsp3) is 0.300. The van der Waals surface area contributed by atoms with Crippen molar-refractivity contribution in [2.45, 2.75) is 6.92 Å². The number of nitrogens with one attached hydrogen (secondary N) is 2. The fourth-order valence-corrected chi connectivity index (χ4v) is 1.34. The topological polar surface area (TPSA) is 33.3 Å². The van der Waals surface area contributed by atoms with Gasteiger partial charge in [-0.2, -0.15) is 0 Å². The summed E-state index contributed by atoms with van der Waals surface area (Å²) in [6, 6.07) is 4.48. The number of benzene rings is 1. The van der Waals surface area contributed by atoms with E-state index < -0.39 is 5.82 Å². The van der Waals surface area contributed by atoms with Crippen LogP contribution in [0.5, 0.6) is 5.75 Å². The fourth-order valence-electron chi connectivity index (χ4n) is 1.07. The van der Waals surface area contributed by atoms with Crippen molar-refractivity contribution in [1.29, 1.82) is 0 Å². The van der Waals surface area contributed by atoms with E-state index in [0.717, 1.165) is 6.54 Å². The van der Waals surface area contributed by atoms with Gasteiger partial charge in [-0.1, -0.05) is 0 Å². The summed E-state index contributed by atoms with van der Waals surface area (Å²) in [6.07, 6.45) is 0. The van der Waals surface area contributed by atoms with Crippen LogP contribution < -0.4 is 15.4 Å². The monoisotopic (exact) mass is 228 g/mol. The number of hydrogen-bond acceptors (Lipinski definition) is 2. The van der Waals surface area contributed by atoms with Gasteiger partial charge in [-0.3, -0.25) is 0 Å². The molecular formula is C10H13FN2OS. The molecule has 1 rings (SSSR count). The van der Waals surface area contributed by atoms with Gasteiger partial charge in [0.05, 0.1) is 7.11 Å². The molecule has 1 aromatic carbocycles. The van der Waals surface area contributed by atoms with Gasteiger partial charge >= 0.3 is 0 Å². The van der Waals surface area contributed by atoms with Gasteiger partial charge in [0.15, 0.2) is 16.7 Å². The SMILES string of the molecule is CCNC(=S)Nc1ccc(F)c(OC)c1. The van der Waals surface area contributed by atoms with Crippen LogP contribution in [0.2, 0.25) is 0 Å². The molecule has 82 valence electrons. The Morgan fingerprint density at radius 1 is 1.53 bits per heavy atom. The lowest BCUT2D eigenvalue weighted by molar-refractivity contribution is 0.387. The highest BCUT2D eigenvalue weighted by Crippen LogP contribution is 2.21. The van der Waals surface area contributed by atoms with E-state index >= 15 is 0 Å². The molecule has 0 spiro atoms. The number of anilines is 1. The Kier molecular flexibility index (Phi) is 4.30. The Hall–Kier alpha value is -1.36. The summed E-state index contributed by atoms with van der Waals surface area (Å²) >= 11 is 4.99. The van der Waals surface area contributed by atoms with Crippen LogP contribution in [0.1, 0.15) is 6.92 Å². The van der Waals surface area contributed by atoms with Gasteiger partial charge in [-0.15, -0.1) is 0 Å². The molecular weight excluding hydrogens is 215 g/mol. The largest absolute Gasteiger partial charge is 0.494 e. The molecule has 0 radical (unpaired) electrons. The molecule has 0 fully saturated rings. The Balaban J connectivity index is 2.74. The van der Waals surface area contributed by atoms with Crippen molar-refractivity contribution in [3.05, 3.63) is 24.0 Å². The summed E-state index contributed by atoms with van der Waals surface area (Å²) in [5.41, 5.74) is 0.694. The summed E-state index contributed by atoms with van der Waals surface area (Å²) in [5, 5.41) is 6.36. The number of ether oxygens (including phenoxy) is 1. The predicted octanol–water partition coefficient (Wildman–Crippen LogP) is 2.14. The molecule has 0 aliphatic heterocycles. The second kappa shape index (κ2) is 5.50. The Morgan fingerprint density at radius 3 is 2.87 bits per heavy atom. The van der Waals surface area contributed by atoms with Crippen molar-refractivity contribution in [3.8, 4) is 5.75 Å². The third-order valence-electron chi connectivity index (χ3n) is 1.75. The summed E-state index contributed by atoms with van der Waals surface area (Å²) in [5.74, 6) is -0.197. The highest BCUT2D eigenvalue weighted by atomic mass is 32.1. The molecule has 2 N–H and O–H groups in total. The minimum absolute atomic E-state index is 0.194. The predicted molar refractivity (Wildman–Crippen MR) is 62.8 cm³/mol. The van der Waals surface area contributed by atoms with Gasteiger partial charge in [0.1, 0.15) is 0 Å². The van der Waals surface area contributed by atoms with E-state index in [2.05, 4.69) is 10.6 Å². The first-order valence-electron chi connectivity index (χ1n) is 4.55. The molecule has 15 heavy (non-hydrogen) atoms. The van der Waals surface area contributed by atoms with Crippen molar-refractivity contribution in [3.63, 3.8) is 0 Å². The lowest BCUT2D eigenvalue weighted by Gasteiger charge is -2.10. The van der Waals surface area contributed by atoms with Crippen molar-refractivity contribution in [2.75, 3.05) is 19.0 Å². The molecule has 0 heterocycles. The second-order valence-electron chi connectivity index (χ2n) is 2.83. The first-order chi connectivity index (χ1) is 7.17. The van der Waals surface area contributed by atoms with E-state index in [0.29, 0.717) is 10.8 Å². The van der Waals surface area contributed by atoms with E-state index in [1.165, 1.54) is 13.2 Å². The van der Waals surface area contributed by atoms with Crippen LogP contribution in [0.25, 0.3) is 0 Å². The summed E-state index contributed by atoms with van der Waals surface area (Å²) in [7, 11) is 1.42.